The van der Waals surface area contributed by atoms with Crippen molar-refractivity contribution in [2.45, 2.75) is 18.9 Å². The summed E-state index contributed by atoms with van der Waals surface area (Å²) in [5, 5.41) is 3.17. The van der Waals surface area contributed by atoms with Crippen LogP contribution in [0.2, 0.25) is 0 Å². The van der Waals surface area contributed by atoms with Crippen LogP contribution in [0.5, 0.6) is 0 Å². The summed E-state index contributed by atoms with van der Waals surface area (Å²) in [6, 6.07) is 3.86. The van der Waals surface area contributed by atoms with Gasteiger partial charge in [0.15, 0.2) is 11.6 Å². The molecule has 6 heteroatoms. The highest BCUT2D eigenvalue weighted by Gasteiger charge is 2.23. The van der Waals surface area contributed by atoms with Crippen molar-refractivity contribution in [2.24, 2.45) is 0 Å². The molecule has 1 saturated heterocycles. The molecule has 2 rings (SSSR count). The minimum atomic E-state index is -0.860. The third-order valence-electron chi connectivity index (χ3n) is 3.33. The Balaban J connectivity index is 1.95. The number of halogens is 2. The van der Waals surface area contributed by atoms with Crippen LogP contribution in [0.25, 0.3) is 0 Å². The van der Waals surface area contributed by atoms with Crippen molar-refractivity contribution < 1.29 is 13.6 Å². The molecule has 1 atom stereocenters. The Labute approximate surface area is 121 Å². The van der Waals surface area contributed by atoms with Gasteiger partial charge in [0.05, 0.1) is 5.75 Å². The Bertz CT molecular complexity index is 484. The molecule has 1 heterocycles. The van der Waals surface area contributed by atoms with E-state index in [1.54, 1.807) is 0 Å². The van der Waals surface area contributed by atoms with Gasteiger partial charge in [-0.25, -0.2) is 8.78 Å². The van der Waals surface area contributed by atoms with Crippen LogP contribution >= 0.6 is 11.8 Å². The second-order valence-corrected chi connectivity index (χ2v) is 5.75. The highest BCUT2D eigenvalue weighted by atomic mass is 32.2. The van der Waals surface area contributed by atoms with E-state index < -0.39 is 11.6 Å². The number of thioether (sulfide) groups is 1. The van der Waals surface area contributed by atoms with Gasteiger partial charge in [0.2, 0.25) is 5.91 Å². The van der Waals surface area contributed by atoms with Gasteiger partial charge in [0, 0.05) is 30.9 Å². The van der Waals surface area contributed by atoms with Crippen molar-refractivity contribution in [1.29, 1.82) is 0 Å². The first-order chi connectivity index (χ1) is 9.60. The maximum atomic E-state index is 13.2. The predicted molar refractivity (Wildman–Crippen MR) is 78.0 cm³/mol. The van der Waals surface area contributed by atoms with Crippen molar-refractivity contribution in [1.82, 2.24) is 4.90 Å². The summed E-state index contributed by atoms with van der Waals surface area (Å²) < 4.78 is 26.0. The van der Waals surface area contributed by atoms with Crippen LogP contribution in [-0.2, 0) is 4.79 Å². The summed E-state index contributed by atoms with van der Waals surface area (Å²) in [6.45, 7) is 1.38. The van der Waals surface area contributed by atoms with Crippen molar-refractivity contribution in [3.05, 3.63) is 29.8 Å². The molecule has 1 fully saturated rings. The SMILES string of the molecule is CSCC(=O)N1CCC[C@H](Nc2ccc(F)c(F)c2)C1. The molecule has 1 aromatic carbocycles. The van der Waals surface area contributed by atoms with Gasteiger partial charge in [-0.15, -0.1) is 0 Å². The van der Waals surface area contributed by atoms with Crippen molar-refractivity contribution in [2.75, 3.05) is 30.4 Å². The fourth-order valence-electron chi connectivity index (χ4n) is 2.36. The lowest BCUT2D eigenvalue weighted by molar-refractivity contribution is -0.129. The lowest BCUT2D eigenvalue weighted by Gasteiger charge is -2.33. The van der Waals surface area contributed by atoms with Crippen LogP contribution in [0.1, 0.15) is 12.8 Å². The van der Waals surface area contributed by atoms with E-state index in [1.165, 1.54) is 17.8 Å². The van der Waals surface area contributed by atoms with Crippen LogP contribution in [0.15, 0.2) is 18.2 Å². The van der Waals surface area contributed by atoms with E-state index in [0.717, 1.165) is 31.5 Å². The van der Waals surface area contributed by atoms with Crippen molar-refractivity contribution >= 4 is 23.4 Å². The van der Waals surface area contributed by atoms with Gasteiger partial charge in [-0.1, -0.05) is 0 Å². The highest BCUT2D eigenvalue weighted by Crippen LogP contribution is 2.18. The zero-order valence-corrected chi connectivity index (χ0v) is 12.2. The van der Waals surface area contributed by atoms with E-state index in [1.807, 2.05) is 11.2 Å². The minimum Gasteiger partial charge on any atom is -0.380 e. The molecule has 0 spiro atoms. The van der Waals surface area contributed by atoms with Gasteiger partial charge in [0.1, 0.15) is 0 Å². The predicted octanol–water partition coefficient (Wildman–Crippen LogP) is 2.73. The summed E-state index contributed by atoms with van der Waals surface area (Å²) in [5.74, 6) is -1.09. The number of rotatable bonds is 4. The van der Waals surface area contributed by atoms with E-state index in [2.05, 4.69) is 5.32 Å². The van der Waals surface area contributed by atoms with Gasteiger partial charge in [-0.05, 0) is 31.2 Å². The molecule has 1 aliphatic heterocycles. The molecule has 0 saturated carbocycles. The quantitative estimate of drug-likeness (QED) is 0.928. The monoisotopic (exact) mass is 300 g/mol. The lowest BCUT2D eigenvalue weighted by Crippen LogP contribution is -2.45. The number of likely N-dealkylation sites (tertiary alicyclic amines) is 1. The number of nitrogens with zero attached hydrogens (tertiary/aromatic N) is 1. The van der Waals surface area contributed by atoms with Crippen LogP contribution in [0.3, 0.4) is 0 Å². The first kappa shape index (κ1) is 15.1. The Hall–Kier alpha value is -1.30. The molecule has 1 aromatic rings. The van der Waals surface area contributed by atoms with Gasteiger partial charge >= 0.3 is 0 Å². The molecule has 0 aliphatic carbocycles. The van der Waals surface area contributed by atoms with E-state index in [-0.39, 0.29) is 11.9 Å². The fourth-order valence-corrected chi connectivity index (χ4v) is 2.79. The molecule has 1 aliphatic rings. The topological polar surface area (TPSA) is 32.3 Å². The largest absolute Gasteiger partial charge is 0.380 e. The minimum absolute atomic E-state index is 0.0828. The third kappa shape index (κ3) is 3.85. The number of nitrogens with one attached hydrogen (secondary N) is 1. The van der Waals surface area contributed by atoms with Gasteiger partial charge in [-0.2, -0.15) is 11.8 Å². The van der Waals surface area contributed by atoms with Gasteiger partial charge in [-0.3, -0.25) is 4.79 Å². The summed E-state index contributed by atoms with van der Waals surface area (Å²) >= 11 is 1.51. The standard InChI is InChI=1S/C14H18F2N2OS/c1-20-9-14(19)18-6-2-3-11(8-18)17-10-4-5-12(15)13(16)7-10/h4-5,7,11,17H,2-3,6,8-9H2,1H3/t11-/m0/s1. The number of anilines is 1. The van der Waals surface area contributed by atoms with Crippen LogP contribution in [0.4, 0.5) is 14.5 Å². The van der Waals surface area contributed by atoms with Crippen LogP contribution in [-0.4, -0.2) is 41.9 Å². The van der Waals surface area contributed by atoms with Gasteiger partial charge < -0.3 is 10.2 Å². The number of carbonyl (C=O) groups excluding carboxylic acids is 1. The van der Waals surface area contributed by atoms with E-state index in [9.17, 15) is 13.6 Å². The molecule has 0 aromatic heterocycles. The number of benzene rings is 1. The van der Waals surface area contributed by atoms with Crippen molar-refractivity contribution in [3.63, 3.8) is 0 Å². The zero-order valence-electron chi connectivity index (χ0n) is 11.4. The smallest absolute Gasteiger partial charge is 0.232 e. The second kappa shape index (κ2) is 6.92. The number of amides is 1. The third-order valence-corrected chi connectivity index (χ3v) is 3.87. The maximum Gasteiger partial charge on any atom is 0.232 e. The lowest BCUT2D eigenvalue weighted by atomic mass is 10.1. The Kier molecular flexibility index (Phi) is 5.23. The average Bonchev–Trinajstić information content (AvgIpc) is 2.43. The number of hydrogen-bond donors (Lipinski definition) is 1. The molecule has 0 bridgehead atoms. The second-order valence-electron chi connectivity index (χ2n) is 4.89. The zero-order chi connectivity index (χ0) is 14.5. The summed E-state index contributed by atoms with van der Waals surface area (Å²) in [4.78, 5) is 13.7. The average molecular weight is 300 g/mol. The van der Waals surface area contributed by atoms with Crippen LogP contribution < -0.4 is 5.32 Å². The Morgan fingerprint density at radius 3 is 2.95 bits per heavy atom. The van der Waals surface area contributed by atoms with Crippen molar-refractivity contribution in [3.8, 4) is 0 Å². The van der Waals surface area contributed by atoms with E-state index in [4.69, 9.17) is 0 Å². The highest BCUT2D eigenvalue weighted by molar-refractivity contribution is 7.99. The Morgan fingerprint density at radius 1 is 1.45 bits per heavy atom. The maximum absolute atomic E-state index is 13.2. The molecule has 1 N–H and O–H groups in total. The van der Waals surface area contributed by atoms with E-state index >= 15 is 0 Å². The first-order valence-electron chi connectivity index (χ1n) is 6.58. The molecule has 0 unspecified atom stereocenters. The number of hydrogen-bond acceptors (Lipinski definition) is 3. The normalized spacial score (nSPS) is 18.9. The fraction of sp³-hybridized carbons (Fsp3) is 0.500. The summed E-state index contributed by atoms with van der Waals surface area (Å²) in [7, 11) is 0. The molecule has 20 heavy (non-hydrogen) atoms. The molecular formula is C14H18F2N2OS. The number of piperidine rings is 1. The molecular weight excluding hydrogens is 282 g/mol. The molecule has 1 amide bonds. The number of carbonyl (C=O) groups is 1. The van der Waals surface area contributed by atoms with E-state index in [0.29, 0.717) is 18.0 Å². The molecule has 0 radical (unpaired) electrons. The van der Waals surface area contributed by atoms with Crippen LogP contribution in [0, 0.1) is 11.6 Å². The molecule has 110 valence electrons. The van der Waals surface area contributed by atoms with Gasteiger partial charge in [0.25, 0.3) is 0 Å². The molecule has 3 nitrogen and oxygen atoms in total. The first-order valence-corrected chi connectivity index (χ1v) is 7.98. The summed E-state index contributed by atoms with van der Waals surface area (Å²) in [5.41, 5.74) is 0.549. The summed E-state index contributed by atoms with van der Waals surface area (Å²) in [6.07, 6.45) is 3.74. The Morgan fingerprint density at radius 2 is 2.25 bits per heavy atom.